The summed E-state index contributed by atoms with van der Waals surface area (Å²) in [5, 5.41) is 15.6. The minimum Gasteiger partial charge on any atom is -0.508 e. The van der Waals surface area contributed by atoms with E-state index in [2.05, 4.69) is 10.3 Å². The highest BCUT2D eigenvalue weighted by molar-refractivity contribution is 7.14. The molecule has 0 aliphatic carbocycles. The van der Waals surface area contributed by atoms with Gasteiger partial charge in [-0.2, -0.15) is 0 Å². The Kier molecular flexibility index (Phi) is 3.81. The number of phenolic OH excluding ortho intramolecular Hbond substituents is 1. The van der Waals surface area contributed by atoms with Gasteiger partial charge in [-0.15, -0.1) is 11.3 Å². The molecule has 0 saturated heterocycles. The average molecular weight is 314 g/mol. The van der Waals surface area contributed by atoms with Gasteiger partial charge in [-0.05, 0) is 61.4 Å². The number of benzene rings is 2. The van der Waals surface area contributed by atoms with Crippen molar-refractivity contribution in [1.29, 1.82) is 0 Å². The number of hydrogen-bond acceptors (Lipinski definition) is 4. The maximum Gasteiger partial charge on any atom is 0.187 e. The molecule has 0 amide bonds. The van der Waals surface area contributed by atoms with Gasteiger partial charge in [-0.25, -0.2) is 9.37 Å². The molecular weight excluding hydrogens is 299 g/mol. The summed E-state index contributed by atoms with van der Waals surface area (Å²) < 4.78 is 13.0. The highest BCUT2D eigenvalue weighted by Crippen LogP contribution is 2.31. The summed E-state index contributed by atoms with van der Waals surface area (Å²) in [6.07, 6.45) is 0. The molecule has 5 heteroatoms. The summed E-state index contributed by atoms with van der Waals surface area (Å²) >= 11 is 1.48. The van der Waals surface area contributed by atoms with Gasteiger partial charge in [0.1, 0.15) is 11.6 Å². The Bertz CT molecular complexity index is 812. The molecule has 3 rings (SSSR count). The van der Waals surface area contributed by atoms with Crippen LogP contribution in [-0.4, -0.2) is 10.1 Å². The Morgan fingerprint density at radius 2 is 1.82 bits per heavy atom. The van der Waals surface area contributed by atoms with Crippen LogP contribution in [0.3, 0.4) is 0 Å². The van der Waals surface area contributed by atoms with Gasteiger partial charge >= 0.3 is 0 Å². The van der Waals surface area contributed by atoms with E-state index in [4.69, 9.17) is 0 Å². The first kappa shape index (κ1) is 14.5. The van der Waals surface area contributed by atoms with Gasteiger partial charge in [0.25, 0.3) is 0 Å². The number of nitrogens with zero attached hydrogens (tertiary/aromatic N) is 1. The molecule has 0 saturated carbocycles. The smallest absolute Gasteiger partial charge is 0.187 e. The number of aromatic nitrogens is 1. The van der Waals surface area contributed by atoms with Crippen molar-refractivity contribution in [2.24, 2.45) is 0 Å². The van der Waals surface area contributed by atoms with Crippen LogP contribution in [0.15, 0.2) is 41.8 Å². The molecule has 22 heavy (non-hydrogen) atoms. The highest BCUT2D eigenvalue weighted by Gasteiger charge is 2.08. The lowest BCUT2D eigenvalue weighted by Gasteiger charge is -2.09. The third-order valence-electron chi connectivity index (χ3n) is 3.43. The summed E-state index contributed by atoms with van der Waals surface area (Å²) in [5.74, 6) is 0.0294. The molecule has 1 aromatic heterocycles. The SMILES string of the molecule is Cc1cc(Nc2nc(-c3ccc(F)cc3)cs2)c(C)cc1O. The average Bonchev–Trinajstić information content (AvgIpc) is 2.94. The van der Waals surface area contributed by atoms with Crippen LogP contribution >= 0.6 is 11.3 Å². The maximum absolute atomic E-state index is 13.0. The zero-order chi connectivity index (χ0) is 15.7. The molecule has 112 valence electrons. The van der Waals surface area contributed by atoms with E-state index in [9.17, 15) is 9.50 Å². The van der Waals surface area contributed by atoms with Crippen molar-refractivity contribution in [3.05, 3.63) is 58.7 Å². The summed E-state index contributed by atoms with van der Waals surface area (Å²) in [4.78, 5) is 4.52. The number of anilines is 2. The molecule has 0 atom stereocenters. The first-order valence-electron chi connectivity index (χ1n) is 6.81. The Balaban J connectivity index is 1.86. The van der Waals surface area contributed by atoms with E-state index in [0.29, 0.717) is 0 Å². The number of aryl methyl sites for hydroxylation is 2. The number of hydrogen-bond donors (Lipinski definition) is 2. The molecule has 3 aromatic rings. The lowest BCUT2D eigenvalue weighted by Crippen LogP contribution is -1.93. The van der Waals surface area contributed by atoms with Crippen LogP contribution < -0.4 is 5.32 Å². The van der Waals surface area contributed by atoms with E-state index in [1.54, 1.807) is 18.2 Å². The molecule has 0 aliphatic rings. The zero-order valence-corrected chi connectivity index (χ0v) is 13.0. The van der Waals surface area contributed by atoms with Crippen LogP contribution in [0.2, 0.25) is 0 Å². The predicted molar refractivity (Wildman–Crippen MR) is 88.4 cm³/mol. The third kappa shape index (κ3) is 2.94. The summed E-state index contributed by atoms with van der Waals surface area (Å²) in [6.45, 7) is 3.78. The molecule has 0 radical (unpaired) electrons. The molecule has 0 unspecified atom stereocenters. The second-order valence-corrected chi connectivity index (χ2v) is 5.98. The van der Waals surface area contributed by atoms with Crippen molar-refractivity contribution in [2.75, 3.05) is 5.32 Å². The van der Waals surface area contributed by atoms with Crippen LogP contribution in [0.4, 0.5) is 15.2 Å². The van der Waals surface area contributed by atoms with Crippen molar-refractivity contribution in [3.63, 3.8) is 0 Å². The van der Waals surface area contributed by atoms with Crippen molar-refractivity contribution >= 4 is 22.2 Å². The second-order valence-electron chi connectivity index (χ2n) is 5.12. The van der Waals surface area contributed by atoms with Gasteiger partial charge in [0.05, 0.1) is 5.69 Å². The molecule has 0 aliphatic heterocycles. The van der Waals surface area contributed by atoms with Crippen LogP contribution in [0, 0.1) is 19.7 Å². The Hall–Kier alpha value is -2.40. The molecule has 0 spiro atoms. The largest absolute Gasteiger partial charge is 0.508 e. The van der Waals surface area contributed by atoms with E-state index < -0.39 is 0 Å². The third-order valence-corrected chi connectivity index (χ3v) is 4.19. The Morgan fingerprint density at radius 3 is 2.55 bits per heavy atom. The van der Waals surface area contributed by atoms with E-state index in [0.717, 1.165) is 33.2 Å². The van der Waals surface area contributed by atoms with Crippen molar-refractivity contribution in [3.8, 4) is 17.0 Å². The van der Waals surface area contributed by atoms with E-state index in [1.165, 1.54) is 23.5 Å². The van der Waals surface area contributed by atoms with Crippen LogP contribution in [0.5, 0.6) is 5.75 Å². The fourth-order valence-electron chi connectivity index (χ4n) is 2.14. The monoisotopic (exact) mass is 314 g/mol. The summed E-state index contributed by atoms with van der Waals surface area (Å²) in [6, 6.07) is 9.90. The topological polar surface area (TPSA) is 45.2 Å². The Morgan fingerprint density at radius 1 is 1.09 bits per heavy atom. The van der Waals surface area contributed by atoms with Gasteiger partial charge in [0.15, 0.2) is 5.13 Å². The van der Waals surface area contributed by atoms with Crippen LogP contribution in [0.1, 0.15) is 11.1 Å². The quantitative estimate of drug-likeness (QED) is 0.668. The van der Waals surface area contributed by atoms with E-state index in [1.807, 2.05) is 25.3 Å². The van der Waals surface area contributed by atoms with Gasteiger partial charge in [-0.3, -0.25) is 0 Å². The highest BCUT2D eigenvalue weighted by atomic mass is 32.1. The minimum absolute atomic E-state index is 0.257. The zero-order valence-electron chi connectivity index (χ0n) is 12.2. The molecule has 0 bridgehead atoms. The van der Waals surface area contributed by atoms with Gasteiger partial charge in [0, 0.05) is 16.6 Å². The summed E-state index contributed by atoms with van der Waals surface area (Å²) in [7, 11) is 0. The molecular formula is C17H15FN2OS. The number of rotatable bonds is 3. The number of aromatic hydroxyl groups is 1. The number of nitrogens with one attached hydrogen (secondary N) is 1. The van der Waals surface area contributed by atoms with Gasteiger partial charge < -0.3 is 10.4 Å². The first-order valence-corrected chi connectivity index (χ1v) is 7.69. The molecule has 1 heterocycles. The summed E-state index contributed by atoms with van der Waals surface area (Å²) in [5.41, 5.74) is 4.35. The first-order chi connectivity index (χ1) is 10.5. The molecule has 2 aromatic carbocycles. The second kappa shape index (κ2) is 5.77. The van der Waals surface area contributed by atoms with Crippen LogP contribution in [0.25, 0.3) is 11.3 Å². The molecule has 0 fully saturated rings. The lowest BCUT2D eigenvalue weighted by atomic mass is 10.1. The predicted octanol–water partition coefficient (Wildman–Crippen LogP) is 5.02. The number of thiazole rings is 1. The van der Waals surface area contributed by atoms with Crippen molar-refractivity contribution < 1.29 is 9.50 Å². The maximum atomic E-state index is 13.0. The van der Waals surface area contributed by atoms with Crippen molar-refractivity contribution in [2.45, 2.75) is 13.8 Å². The fourth-order valence-corrected chi connectivity index (χ4v) is 2.87. The Labute approximate surface area is 132 Å². The van der Waals surface area contributed by atoms with Crippen LogP contribution in [-0.2, 0) is 0 Å². The van der Waals surface area contributed by atoms with Crippen molar-refractivity contribution in [1.82, 2.24) is 4.98 Å². The van der Waals surface area contributed by atoms with E-state index >= 15 is 0 Å². The number of phenols is 1. The van der Waals surface area contributed by atoms with E-state index in [-0.39, 0.29) is 11.6 Å². The number of halogens is 1. The fraction of sp³-hybridized carbons (Fsp3) is 0.118. The van der Waals surface area contributed by atoms with Gasteiger partial charge in [-0.1, -0.05) is 0 Å². The lowest BCUT2D eigenvalue weighted by molar-refractivity contribution is 0.471. The van der Waals surface area contributed by atoms with Gasteiger partial charge in [0.2, 0.25) is 0 Å². The molecule has 3 nitrogen and oxygen atoms in total. The minimum atomic E-state index is -0.257. The standard InChI is InChI=1S/C17H15FN2OS/c1-10-8-16(21)11(2)7-14(10)19-17-20-15(9-22-17)12-3-5-13(18)6-4-12/h3-9,21H,1-2H3,(H,19,20). The normalized spacial score (nSPS) is 10.7. The molecule has 2 N–H and O–H groups in total.